The summed E-state index contributed by atoms with van der Waals surface area (Å²) in [5.41, 5.74) is 9.33. The Hall–Kier alpha value is -2.71. The SMILES string of the molecule is Nc1nccn2cc(-c3ccc(N4CCN(C5COC5)CC4)cn3)nc12. The summed E-state index contributed by atoms with van der Waals surface area (Å²) in [6.07, 6.45) is 7.36. The molecular weight excluding hydrogens is 330 g/mol. The van der Waals surface area contributed by atoms with Gasteiger partial charge >= 0.3 is 0 Å². The number of hydrogen-bond acceptors (Lipinski definition) is 7. The lowest BCUT2D eigenvalue weighted by molar-refractivity contribution is -0.0660. The van der Waals surface area contributed by atoms with Crippen molar-refractivity contribution in [2.45, 2.75) is 6.04 Å². The lowest BCUT2D eigenvalue weighted by atomic mass is 10.1. The topological polar surface area (TPSA) is 84.8 Å². The van der Waals surface area contributed by atoms with E-state index in [1.807, 2.05) is 29.1 Å². The van der Waals surface area contributed by atoms with Crippen molar-refractivity contribution in [3.05, 3.63) is 36.9 Å². The van der Waals surface area contributed by atoms with Gasteiger partial charge < -0.3 is 19.8 Å². The van der Waals surface area contributed by atoms with Crippen LogP contribution >= 0.6 is 0 Å². The molecule has 5 heterocycles. The fraction of sp³-hybridized carbons (Fsp3) is 0.389. The fourth-order valence-electron chi connectivity index (χ4n) is 3.57. The normalized spacial score (nSPS) is 19.0. The highest BCUT2D eigenvalue weighted by atomic mass is 16.5. The van der Waals surface area contributed by atoms with Gasteiger partial charge in [-0.3, -0.25) is 9.88 Å². The Labute approximate surface area is 151 Å². The minimum Gasteiger partial charge on any atom is -0.381 e. The summed E-state index contributed by atoms with van der Waals surface area (Å²) in [5, 5.41) is 0. The molecule has 2 aliphatic heterocycles. The number of piperazine rings is 1. The lowest BCUT2D eigenvalue weighted by Gasteiger charge is -2.43. The van der Waals surface area contributed by atoms with Gasteiger partial charge in [0.15, 0.2) is 11.5 Å². The molecule has 5 rings (SSSR count). The van der Waals surface area contributed by atoms with E-state index in [-0.39, 0.29) is 0 Å². The molecule has 8 nitrogen and oxygen atoms in total. The molecule has 0 radical (unpaired) electrons. The Balaban J connectivity index is 1.31. The zero-order valence-corrected chi connectivity index (χ0v) is 14.5. The maximum atomic E-state index is 5.88. The summed E-state index contributed by atoms with van der Waals surface area (Å²) in [4.78, 5) is 18.2. The first kappa shape index (κ1) is 15.5. The van der Waals surface area contributed by atoms with Gasteiger partial charge in [-0.1, -0.05) is 0 Å². The first-order valence-corrected chi connectivity index (χ1v) is 8.90. The predicted molar refractivity (Wildman–Crippen MR) is 99.0 cm³/mol. The van der Waals surface area contributed by atoms with E-state index in [0.717, 1.165) is 56.5 Å². The number of nitrogen functional groups attached to an aromatic ring is 1. The number of anilines is 2. The molecule has 0 bridgehead atoms. The number of hydrogen-bond donors (Lipinski definition) is 1. The van der Waals surface area contributed by atoms with Crippen LogP contribution in [0, 0.1) is 0 Å². The average Bonchev–Trinajstić information content (AvgIpc) is 3.07. The molecule has 2 N–H and O–H groups in total. The number of nitrogens with zero attached hydrogens (tertiary/aromatic N) is 6. The summed E-state index contributed by atoms with van der Waals surface area (Å²) in [6.45, 7) is 5.97. The second-order valence-electron chi connectivity index (χ2n) is 6.79. The van der Waals surface area contributed by atoms with E-state index in [0.29, 0.717) is 17.5 Å². The van der Waals surface area contributed by atoms with E-state index in [2.05, 4.69) is 30.8 Å². The molecular formula is C18H21N7O. The number of rotatable bonds is 3. The van der Waals surface area contributed by atoms with Crippen molar-refractivity contribution in [1.82, 2.24) is 24.3 Å². The van der Waals surface area contributed by atoms with Crippen molar-refractivity contribution in [3.63, 3.8) is 0 Å². The van der Waals surface area contributed by atoms with E-state index in [9.17, 15) is 0 Å². The minimum atomic E-state index is 0.421. The summed E-state index contributed by atoms with van der Waals surface area (Å²) in [7, 11) is 0. The van der Waals surface area contributed by atoms with Crippen LogP contribution in [0.3, 0.4) is 0 Å². The van der Waals surface area contributed by atoms with Crippen LogP contribution in [-0.4, -0.2) is 69.7 Å². The van der Waals surface area contributed by atoms with Crippen molar-refractivity contribution in [2.75, 3.05) is 50.0 Å². The molecule has 134 valence electrons. The van der Waals surface area contributed by atoms with Gasteiger partial charge in [-0.2, -0.15) is 0 Å². The number of pyridine rings is 1. The Morgan fingerprint density at radius 1 is 1.04 bits per heavy atom. The fourth-order valence-corrected chi connectivity index (χ4v) is 3.57. The first-order valence-electron chi connectivity index (χ1n) is 8.90. The van der Waals surface area contributed by atoms with E-state index < -0.39 is 0 Å². The second-order valence-corrected chi connectivity index (χ2v) is 6.79. The largest absolute Gasteiger partial charge is 0.381 e. The molecule has 8 heteroatoms. The maximum absolute atomic E-state index is 5.88. The standard InChI is InChI=1S/C18H21N7O/c19-17-18-22-16(10-25(18)4-3-20-17)15-2-1-13(9-21-15)23-5-7-24(8-6-23)14-11-26-12-14/h1-4,9-10,14H,5-8,11-12H2,(H2,19,20). The third kappa shape index (κ3) is 2.67. The molecule has 2 aliphatic rings. The number of ether oxygens (including phenoxy) is 1. The monoisotopic (exact) mass is 351 g/mol. The third-order valence-electron chi connectivity index (χ3n) is 5.23. The van der Waals surface area contributed by atoms with Gasteiger partial charge in [-0.15, -0.1) is 0 Å². The highest BCUT2D eigenvalue weighted by molar-refractivity contribution is 5.67. The van der Waals surface area contributed by atoms with Crippen LogP contribution in [0.1, 0.15) is 0 Å². The van der Waals surface area contributed by atoms with E-state index in [1.165, 1.54) is 0 Å². The second kappa shape index (κ2) is 6.22. The molecule has 2 fully saturated rings. The third-order valence-corrected chi connectivity index (χ3v) is 5.23. The van der Waals surface area contributed by atoms with Crippen molar-refractivity contribution in [1.29, 1.82) is 0 Å². The minimum absolute atomic E-state index is 0.421. The summed E-state index contributed by atoms with van der Waals surface area (Å²) in [5.74, 6) is 0.421. The van der Waals surface area contributed by atoms with Crippen LogP contribution in [0.5, 0.6) is 0 Å². The summed E-state index contributed by atoms with van der Waals surface area (Å²) < 4.78 is 7.17. The van der Waals surface area contributed by atoms with Crippen molar-refractivity contribution in [2.24, 2.45) is 0 Å². The Morgan fingerprint density at radius 3 is 2.54 bits per heavy atom. The van der Waals surface area contributed by atoms with Gasteiger partial charge in [0, 0.05) is 44.8 Å². The van der Waals surface area contributed by atoms with Crippen LogP contribution in [-0.2, 0) is 4.74 Å². The molecule has 0 aliphatic carbocycles. The molecule has 2 saturated heterocycles. The van der Waals surface area contributed by atoms with Gasteiger partial charge in [0.2, 0.25) is 0 Å². The molecule has 0 spiro atoms. The average molecular weight is 351 g/mol. The smallest absolute Gasteiger partial charge is 0.180 e. The van der Waals surface area contributed by atoms with Gasteiger partial charge in [0.1, 0.15) is 5.69 Å². The van der Waals surface area contributed by atoms with Crippen LogP contribution in [0.2, 0.25) is 0 Å². The van der Waals surface area contributed by atoms with Gasteiger partial charge in [0.25, 0.3) is 0 Å². The molecule has 0 amide bonds. The van der Waals surface area contributed by atoms with Crippen LogP contribution in [0.25, 0.3) is 17.0 Å². The Bertz CT molecular complexity index is 911. The number of aromatic nitrogens is 4. The van der Waals surface area contributed by atoms with Crippen molar-refractivity contribution < 1.29 is 4.74 Å². The molecule has 0 saturated carbocycles. The molecule has 0 aromatic carbocycles. The zero-order valence-electron chi connectivity index (χ0n) is 14.5. The highest BCUT2D eigenvalue weighted by Gasteiger charge is 2.28. The van der Waals surface area contributed by atoms with Crippen molar-refractivity contribution in [3.8, 4) is 11.4 Å². The Morgan fingerprint density at radius 2 is 1.88 bits per heavy atom. The highest BCUT2D eigenvalue weighted by Crippen LogP contribution is 2.23. The lowest BCUT2D eigenvalue weighted by Crippen LogP contribution is -2.56. The maximum Gasteiger partial charge on any atom is 0.180 e. The zero-order chi connectivity index (χ0) is 17.5. The van der Waals surface area contributed by atoms with E-state index in [4.69, 9.17) is 10.5 Å². The number of nitrogens with two attached hydrogens (primary N) is 1. The van der Waals surface area contributed by atoms with Crippen LogP contribution < -0.4 is 10.6 Å². The quantitative estimate of drug-likeness (QED) is 0.750. The molecule has 26 heavy (non-hydrogen) atoms. The molecule has 3 aromatic rings. The van der Waals surface area contributed by atoms with Gasteiger partial charge in [-0.25, -0.2) is 9.97 Å². The molecule has 3 aromatic heterocycles. The predicted octanol–water partition coefficient (Wildman–Crippen LogP) is 0.894. The van der Waals surface area contributed by atoms with Crippen LogP contribution in [0.4, 0.5) is 11.5 Å². The Kier molecular flexibility index (Phi) is 3.72. The summed E-state index contributed by atoms with van der Waals surface area (Å²) >= 11 is 0. The first-order chi connectivity index (χ1) is 12.8. The molecule has 0 atom stereocenters. The number of imidazole rings is 1. The number of fused-ring (bicyclic) bond motifs is 1. The van der Waals surface area contributed by atoms with Gasteiger partial charge in [0.05, 0.1) is 36.8 Å². The molecule has 0 unspecified atom stereocenters. The summed E-state index contributed by atoms with van der Waals surface area (Å²) in [6, 6.07) is 4.76. The van der Waals surface area contributed by atoms with Gasteiger partial charge in [-0.05, 0) is 12.1 Å². The van der Waals surface area contributed by atoms with Crippen LogP contribution in [0.15, 0.2) is 36.9 Å². The van der Waals surface area contributed by atoms with E-state index in [1.54, 1.807) is 6.20 Å². The van der Waals surface area contributed by atoms with Crippen molar-refractivity contribution >= 4 is 17.2 Å². The van der Waals surface area contributed by atoms with E-state index >= 15 is 0 Å².